The monoisotopic (exact) mass is 212 g/mol. The fourth-order valence-corrected chi connectivity index (χ4v) is 2.21. The van der Waals surface area contributed by atoms with E-state index in [2.05, 4.69) is 29.6 Å². The van der Waals surface area contributed by atoms with Gasteiger partial charge in [0.15, 0.2) is 0 Å². The predicted octanol–water partition coefficient (Wildman–Crippen LogP) is 2.55. The fourth-order valence-electron chi connectivity index (χ4n) is 2.21. The molecule has 0 amide bonds. The van der Waals surface area contributed by atoms with Crippen LogP contribution in [-0.2, 0) is 0 Å². The molecule has 0 bridgehead atoms. The van der Waals surface area contributed by atoms with Crippen molar-refractivity contribution in [1.82, 2.24) is 5.32 Å². The van der Waals surface area contributed by atoms with E-state index in [1.807, 2.05) is 13.8 Å². The number of nitriles is 1. The molecule has 1 N–H and O–H groups in total. The maximum Gasteiger partial charge on any atom is 0.0997 e. The molecule has 1 aromatic rings. The van der Waals surface area contributed by atoms with Crippen molar-refractivity contribution in [3.05, 3.63) is 40.5 Å². The minimum absolute atomic E-state index is 0.818. The van der Waals surface area contributed by atoms with Crippen molar-refractivity contribution in [3.8, 4) is 6.07 Å². The highest BCUT2D eigenvalue weighted by molar-refractivity contribution is 5.69. The number of hydrogen-bond donors (Lipinski definition) is 1. The normalized spacial score (nSPS) is 15.4. The number of aryl methyl sites for hydroxylation is 2. The number of nitrogens with zero attached hydrogens (tertiary/aromatic N) is 1. The third-order valence-electron chi connectivity index (χ3n) is 3.08. The molecule has 0 spiro atoms. The van der Waals surface area contributed by atoms with Gasteiger partial charge in [-0.3, -0.25) is 0 Å². The Kier molecular flexibility index (Phi) is 3.07. The lowest BCUT2D eigenvalue weighted by Crippen LogP contribution is -2.20. The Bertz CT molecular complexity index is 455. The van der Waals surface area contributed by atoms with Gasteiger partial charge in [0.2, 0.25) is 0 Å². The van der Waals surface area contributed by atoms with E-state index < -0.39 is 0 Å². The van der Waals surface area contributed by atoms with Gasteiger partial charge in [0, 0.05) is 6.54 Å². The molecule has 0 saturated heterocycles. The van der Waals surface area contributed by atoms with Crippen molar-refractivity contribution >= 4 is 5.57 Å². The molecular weight excluding hydrogens is 196 g/mol. The molecule has 0 atom stereocenters. The van der Waals surface area contributed by atoms with Gasteiger partial charge in [-0.2, -0.15) is 5.26 Å². The smallest absolute Gasteiger partial charge is 0.0997 e. The molecule has 1 aliphatic rings. The highest BCUT2D eigenvalue weighted by atomic mass is 14.8. The minimum Gasteiger partial charge on any atom is -0.313 e. The van der Waals surface area contributed by atoms with Crippen molar-refractivity contribution < 1.29 is 0 Å². The van der Waals surface area contributed by atoms with E-state index >= 15 is 0 Å². The van der Waals surface area contributed by atoms with Gasteiger partial charge in [-0.1, -0.05) is 18.2 Å². The molecule has 0 fully saturated rings. The summed E-state index contributed by atoms with van der Waals surface area (Å²) in [6.45, 7) is 6.02. The molecule has 1 aliphatic heterocycles. The van der Waals surface area contributed by atoms with Gasteiger partial charge in [0.25, 0.3) is 0 Å². The molecule has 0 saturated carbocycles. The number of benzene rings is 1. The molecule has 0 unspecified atom stereocenters. The first-order chi connectivity index (χ1) is 7.72. The number of hydrogen-bond acceptors (Lipinski definition) is 2. The van der Waals surface area contributed by atoms with Crippen molar-refractivity contribution in [2.24, 2.45) is 0 Å². The second-order valence-corrected chi connectivity index (χ2v) is 4.28. The fraction of sp³-hybridized carbons (Fsp3) is 0.357. The van der Waals surface area contributed by atoms with Crippen LogP contribution >= 0.6 is 0 Å². The van der Waals surface area contributed by atoms with E-state index in [1.54, 1.807) is 0 Å². The second kappa shape index (κ2) is 4.51. The summed E-state index contributed by atoms with van der Waals surface area (Å²) >= 11 is 0. The molecule has 16 heavy (non-hydrogen) atoms. The van der Waals surface area contributed by atoms with Crippen LogP contribution in [0.5, 0.6) is 0 Å². The molecule has 2 nitrogen and oxygen atoms in total. The zero-order valence-corrected chi connectivity index (χ0v) is 9.80. The van der Waals surface area contributed by atoms with Crippen LogP contribution in [0.4, 0.5) is 0 Å². The average Bonchev–Trinajstić information content (AvgIpc) is 2.30. The van der Waals surface area contributed by atoms with Crippen LogP contribution in [0.1, 0.15) is 28.7 Å². The van der Waals surface area contributed by atoms with E-state index in [1.165, 1.54) is 11.1 Å². The summed E-state index contributed by atoms with van der Waals surface area (Å²) in [6, 6.07) is 6.52. The molecule has 2 rings (SSSR count). The Balaban J connectivity index is 2.44. The SMILES string of the molecule is Cc1cc(C2=CCNCC2)cc(C)c1C#N. The Morgan fingerprint density at radius 1 is 1.25 bits per heavy atom. The average molecular weight is 212 g/mol. The third-order valence-corrected chi connectivity index (χ3v) is 3.08. The quantitative estimate of drug-likeness (QED) is 0.776. The summed E-state index contributed by atoms with van der Waals surface area (Å²) in [7, 11) is 0. The Labute approximate surface area is 96.6 Å². The Morgan fingerprint density at radius 3 is 2.44 bits per heavy atom. The van der Waals surface area contributed by atoms with E-state index in [4.69, 9.17) is 5.26 Å². The van der Waals surface area contributed by atoms with Gasteiger partial charge in [-0.15, -0.1) is 0 Å². The molecule has 1 heterocycles. The summed E-state index contributed by atoms with van der Waals surface area (Å²) in [4.78, 5) is 0. The first kappa shape index (κ1) is 10.9. The zero-order chi connectivity index (χ0) is 11.5. The lowest BCUT2D eigenvalue weighted by Gasteiger charge is -2.16. The Morgan fingerprint density at radius 2 is 1.94 bits per heavy atom. The summed E-state index contributed by atoms with van der Waals surface area (Å²) < 4.78 is 0. The van der Waals surface area contributed by atoms with E-state index in [0.29, 0.717) is 0 Å². The van der Waals surface area contributed by atoms with Crippen molar-refractivity contribution in [2.75, 3.05) is 13.1 Å². The van der Waals surface area contributed by atoms with Crippen LogP contribution in [0.25, 0.3) is 5.57 Å². The number of rotatable bonds is 1. The van der Waals surface area contributed by atoms with Crippen LogP contribution in [-0.4, -0.2) is 13.1 Å². The van der Waals surface area contributed by atoms with Crippen molar-refractivity contribution in [2.45, 2.75) is 20.3 Å². The first-order valence-electron chi connectivity index (χ1n) is 5.64. The molecule has 82 valence electrons. The van der Waals surface area contributed by atoms with Crippen molar-refractivity contribution in [3.63, 3.8) is 0 Å². The van der Waals surface area contributed by atoms with Gasteiger partial charge in [-0.25, -0.2) is 0 Å². The predicted molar refractivity (Wildman–Crippen MR) is 66.1 cm³/mol. The molecular formula is C14H16N2. The second-order valence-electron chi connectivity index (χ2n) is 4.28. The Hall–Kier alpha value is -1.59. The molecule has 2 heteroatoms. The largest absolute Gasteiger partial charge is 0.313 e. The first-order valence-corrected chi connectivity index (χ1v) is 5.64. The van der Waals surface area contributed by atoms with Gasteiger partial charge in [0.1, 0.15) is 0 Å². The third kappa shape index (κ3) is 2.00. The molecule has 0 aromatic heterocycles. The van der Waals surface area contributed by atoms with Crippen molar-refractivity contribution in [1.29, 1.82) is 5.26 Å². The minimum atomic E-state index is 0.818. The summed E-state index contributed by atoms with van der Waals surface area (Å²) in [5, 5.41) is 12.3. The molecule has 0 aliphatic carbocycles. The van der Waals surface area contributed by atoms with Crippen LogP contribution in [0.2, 0.25) is 0 Å². The molecule has 1 aromatic carbocycles. The van der Waals surface area contributed by atoms with Crippen LogP contribution in [0.3, 0.4) is 0 Å². The molecule has 0 radical (unpaired) electrons. The van der Waals surface area contributed by atoms with Crippen LogP contribution < -0.4 is 5.32 Å². The highest BCUT2D eigenvalue weighted by Gasteiger charge is 2.09. The summed E-state index contributed by atoms with van der Waals surface area (Å²) in [5.74, 6) is 0. The van der Waals surface area contributed by atoms with E-state index in [-0.39, 0.29) is 0 Å². The van der Waals surface area contributed by atoms with Gasteiger partial charge in [-0.05, 0) is 49.1 Å². The van der Waals surface area contributed by atoms with E-state index in [0.717, 1.165) is 36.2 Å². The lowest BCUT2D eigenvalue weighted by molar-refractivity contribution is 0.738. The van der Waals surface area contributed by atoms with Crippen LogP contribution in [0, 0.1) is 25.2 Å². The highest BCUT2D eigenvalue weighted by Crippen LogP contribution is 2.24. The number of nitrogens with one attached hydrogen (secondary N) is 1. The maximum atomic E-state index is 9.03. The van der Waals surface area contributed by atoms with Gasteiger partial charge < -0.3 is 5.32 Å². The van der Waals surface area contributed by atoms with Gasteiger partial charge >= 0.3 is 0 Å². The standard InChI is InChI=1S/C14H16N2/c1-10-7-13(8-11(2)14(10)9-15)12-3-5-16-6-4-12/h3,7-8,16H,4-6H2,1-2H3. The van der Waals surface area contributed by atoms with E-state index in [9.17, 15) is 0 Å². The topological polar surface area (TPSA) is 35.8 Å². The summed E-state index contributed by atoms with van der Waals surface area (Å²) in [6.07, 6.45) is 3.31. The lowest BCUT2D eigenvalue weighted by atomic mass is 9.93. The maximum absolute atomic E-state index is 9.03. The summed E-state index contributed by atoms with van der Waals surface area (Å²) in [5.41, 5.74) is 5.65. The van der Waals surface area contributed by atoms with Gasteiger partial charge in [0.05, 0.1) is 11.6 Å². The van der Waals surface area contributed by atoms with Crippen LogP contribution in [0.15, 0.2) is 18.2 Å². The zero-order valence-electron chi connectivity index (χ0n) is 9.80.